The Kier molecular flexibility index (Phi) is 6.12. The van der Waals surface area contributed by atoms with Crippen LogP contribution in [0.4, 0.5) is 0 Å². The molecule has 0 atom stereocenters. The van der Waals surface area contributed by atoms with Gasteiger partial charge in [-0.15, -0.1) is 0 Å². The van der Waals surface area contributed by atoms with Gasteiger partial charge < -0.3 is 14.7 Å². The smallest absolute Gasteiger partial charge is 0.166 e. The number of ether oxygens (including phenoxy) is 1. The molecule has 138 valence electrons. The lowest BCUT2D eigenvalue weighted by Gasteiger charge is -2.30. The number of nitrogens with zero attached hydrogens (tertiary/aromatic N) is 2. The second kappa shape index (κ2) is 8.72. The van der Waals surface area contributed by atoms with Crippen LogP contribution in [0.5, 0.6) is 11.5 Å². The van der Waals surface area contributed by atoms with Gasteiger partial charge >= 0.3 is 0 Å². The van der Waals surface area contributed by atoms with Gasteiger partial charge in [0.25, 0.3) is 0 Å². The van der Waals surface area contributed by atoms with E-state index in [-0.39, 0.29) is 5.75 Å². The number of quaternary nitrogens is 1. The van der Waals surface area contributed by atoms with Crippen molar-refractivity contribution in [2.75, 3.05) is 32.8 Å². The summed E-state index contributed by atoms with van der Waals surface area (Å²) in [6.07, 6.45) is 1.73. The summed E-state index contributed by atoms with van der Waals surface area (Å²) in [5, 5.41) is 16.9. The molecule has 2 N–H and O–H groups in total. The molecule has 0 aromatic heterocycles. The van der Waals surface area contributed by atoms with Crippen LogP contribution < -0.4 is 9.64 Å². The quantitative estimate of drug-likeness (QED) is 0.778. The van der Waals surface area contributed by atoms with Gasteiger partial charge in [0.2, 0.25) is 0 Å². The summed E-state index contributed by atoms with van der Waals surface area (Å²) < 4.78 is 5.42. The Labute approximate surface area is 155 Å². The van der Waals surface area contributed by atoms with Gasteiger partial charge in [0.05, 0.1) is 39.0 Å². The SMILES string of the molecule is CCOc1cccc(C=NN2CC[NH+](Cc3ccc(C)cc3)CC2)c1O. The van der Waals surface area contributed by atoms with Crippen LogP contribution in [-0.4, -0.2) is 49.1 Å². The molecule has 5 nitrogen and oxygen atoms in total. The van der Waals surface area contributed by atoms with Gasteiger partial charge in [-0.1, -0.05) is 35.9 Å². The fourth-order valence-corrected chi connectivity index (χ4v) is 3.16. The van der Waals surface area contributed by atoms with E-state index in [2.05, 4.69) is 41.3 Å². The lowest BCUT2D eigenvalue weighted by Crippen LogP contribution is -3.13. The zero-order chi connectivity index (χ0) is 18.4. The maximum atomic E-state index is 10.2. The average molecular weight is 354 g/mol. The minimum atomic E-state index is 0.154. The molecule has 1 aliphatic heterocycles. The van der Waals surface area contributed by atoms with E-state index < -0.39 is 0 Å². The highest BCUT2D eigenvalue weighted by atomic mass is 16.5. The Morgan fingerprint density at radius 1 is 1.15 bits per heavy atom. The number of phenols is 1. The molecule has 5 heteroatoms. The van der Waals surface area contributed by atoms with Crippen molar-refractivity contribution in [3.05, 3.63) is 59.2 Å². The molecule has 0 bridgehead atoms. The number of aromatic hydroxyl groups is 1. The minimum absolute atomic E-state index is 0.154. The number of piperazine rings is 1. The predicted molar refractivity (Wildman–Crippen MR) is 104 cm³/mol. The third-order valence-electron chi connectivity index (χ3n) is 4.71. The van der Waals surface area contributed by atoms with E-state index in [0.29, 0.717) is 17.9 Å². The number of hydrazone groups is 1. The molecule has 1 fully saturated rings. The van der Waals surface area contributed by atoms with Gasteiger partial charge in [-0.2, -0.15) is 5.10 Å². The average Bonchev–Trinajstić information content (AvgIpc) is 2.66. The summed E-state index contributed by atoms with van der Waals surface area (Å²) in [6, 6.07) is 14.3. The third kappa shape index (κ3) is 4.76. The van der Waals surface area contributed by atoms with Gasteiger partial charge in [0.15, 0.2) is 11.5 Å². The van der Waals surface area contributed by atoms with Crippen molar-refractivity contribution in [1.29, 1.82) is 0 Å². The highest BCUT2D eigenvalue weighted by Gasteiger charge is 2.18. The predicted octanol–water partition coefficient (Wildman–Crippen LogP) is 1.83. The summed E-state index contributed by atoms with van der Waals surface area (Å²) in [4.78, 5) is 1.58. The number of para-hydroxylation sites is 1. The first-order valence-corrected chi connectivity index (χ1v) is 9.28. The van der Waals surface area contributed by atoms with Crippen LogP contribution in [0.15, 0.2) is 47.6 Å². The highest BCUT2D eigenvalue weighted by Crippen LogP contribution is 2.28. The fourth-order valence-electron chi connectivity index (χ4n) is 3.16. The molecular weight excluding hydrogens is 326 g/mol. The number of hydrogen-bond acceptors (Lipinski definition) is 4. The Morgan fingerprint density at radius 2 is 1.88 bits per heavy atom. The summed E-state index contributed by atoms with van der Waals surface area (Å²) in [5.41, 5.74) is 3.38. The first-order valence-electron chi connectivity index (χ1n) is 9.28. The van der Waals surface area contributed by atoms with Crippen molar-refractivity contribution >= 4 is 6.21 Å². The van der Waals surface area contributed by atoms with Gasteiger partial charge in [-0.05, 0) is 26.0 Å². The maximum absolute atomic E-state index is 10.2. The Bertz CT molecular complexity index is 735. The molecule has 0 aliphatic carbocycles. The van der Waals surface area contributed by atoms with E-state index in [1.807, 2.05) is 19.1 Å². The maximum Gasteiger partial charge on any atom is 0.166 e. The molecular formula is C21H28N3O2+. The van der Waals surface area contributed by atoms with Crippen LogP contribution >= 0.6 is 0 Å². The van der Waals surface area contributed by atoms with Crippen molar-refractivity contribution in [3.8, 4) is 11.5 Å². The number of phenolic OH excluding ortho intramolecular Hbond substituents is 1. The van der Waals surface area contributed by atoms with E-state index in [9.17, 15) is 5.11 Å². The van der Waals surface area contributed by atoms with Gasteiger partial charge in [-0.3, -0.25) is 5.01 Å². The zero-order valence-electron chi connectivity index (χ0n) is 15.6. The van der Waals surface area contributed by atoms with Crippen molar-refractivity contribution in [1.82, 2.24) is 5.01 Å². The van der Waals surface area contributed by atoms with Gasteiger partial charge in [0.1, 0.15) is 6.54 Å². The monoisotopic (exact) mass is 354 g/mol. The second-order valence-electron chi connectivity index (χ2n) is 6.74. The molecule has 0 unspecified atom stereocenters. The summed E-state index contributed by atoms with van der Waals surface area (Å²) >= 11 is 0. The molecule has 2 aromatic carbocycles. The van der Waals surface area contributed by atoms with Crippen LogP contribution in [0.3, 0.4) is 0 Å². The first-order chi connectivity index (χ1) is 12.7. The van der Waals surface area contributed by atoms with Crippen molar-refractivity contribution in [3.63, 3.8) is 0 Å². The lowest BCUT2D eigenvalue weighted by atomic mass is 10.1. The van der Waals surface area contributed by atoms with Crippen LogP contribution in [0.1, 0.15) is 23.6 Å². The molecule has 0 spiro atoms. The summed E-state index contributed by atoms with van der Waals surface area (Å²) in [7, 11) is 0. The zero-order valence-corrected chi connectivity index (χ0v) is 15.6. The normalized spacial score (nSPS) is 15.5. The molecule has 3 rings (SSSR count). The molecule has 1 heterocycles. The van der Waals surface area contributed by atoms with E-state index in [1.165, 1.54) is 11.1 Å². The van der Waals surface area contributed by atoms with Gasteiger partial charge in [0, 0.05) is 11.1 Å². The van der Waals surface area contributed by atoms with Crippen LogP contribution in [0.25, 0.3) is 0 Å². The number of hydrogen-bond donors (Lipinski definition) is 2. The largest absolute Gasteiger partial charge is 0.504 e. The molecule has 1 aliphatic rings. The summed E-state index contributed by atoms with van der Waals surface area (Å²) in [5.74, 6) is 0.658. The molecule has 1 saturated heterocycles. The number of nitrogens with one attached hydrogen (secondary N) is 1. The van der Waals surface area contributed by atoms with Crippen molar-refractivity contribution in [2.24, 2.45) is 5.10 Å². The molecule has 0 saturated carbocycles. The Morgan fingerprint density at radius 3 is 2.58 bits per heavy atom. The molecule has 2 aromatic rings. The van der Waals surface area contributed by atoms with Gasteiger partial charge in [-0.25, -0.2) is 0 Å². The van der Waals surface area contributed by atoms with Crippen molar-refractivity contribution < 1.29 is 14.7 Å². The Balaban J connectivity index is 1.53. The summed E-state index contributed by atoms with van der Waals surface area (Å²) in [6.45, 7) is 9.59. The van der Waals surface area contributed by atoms with Crippen molar-refractivity contribution in [2.45, 2.75) is 20.4 Å². The van der Waals surface area contributed by atoms with Crippen LogP contribution in [-0.2, 0) is 6.54 Å². The minimum Gasteiger partial charge on any atom is -0.504 e. The molecule has 26 heavy (non-hydrogen) atoms. The van der Waals surface area contributed by atoms with E-state index >= 15 is 0 Å². The van der Waals surface area contributed by atoms with Crippen LogP contribution in [0.2, 0.25) is 0 Å². The first kappa shape index (κ1) is 18.3. The fraction of sp³-hybridized carbons (Fsp3) is 0.381. The topological polar surface area (TPSA) is 49.5 Å². The number of rotatable bonds is 6. The number of benzene rings is 2. The second-order valence-corrected chi connectivity index (χ2v) is 6.74. The van der Waals surface area contributed by atoms with E-state index in [0.717, 1.165) is 32.7 Å². The third-order valence-corrected chi connectivity index (χ3v) is 4.71. The molecule has 0 radical (unpaired) electrons. The molecule has 0 amide bonds. The van der Waals surface area contributed by atoms with Crippen LogP contribution in [0, 0.1) is 6.92 Å². The highest BCUT2D eigenvalue weighted by molar-refractivity contribution is 5.84. The standard InChI is InChI=1S/C21H27N3O2/c1-3-26-20-6-4-5-19(21(20)25)15-22-24-13-11-23(12-14-24)16-18-9-7-17(2)8-10-18/h4-10,15,25H,3,11-14,16H2,1-2H3/p+1. The van der Waals surface area contributed by atoms with E-state index in [1.54, 1.807) is 17.2 Å². The lowest BCUT2D eigenvalue weighted by molar-refractivity contribution is -0.918. The Hall–Kier alpha value is -2.53. The van der Waals surface area contributed by atoms with E-state index in [4.69, 9.17) is 4.74 Å². The number of aryl methyl sites for hydroxylation is 1.